The van der Waals surface area contributed by atoms with Crippen LogP contribution in [0.4, 0.5) is 0 Å². The third kappa shape index (κ3) is 2.33. The van der Waals surface area contributed by atoms with Crippen LogP contribution in [0, 0.1) is 5.92 Å². The van der Waals surface area contributed by atoms with Crippen LogP contribution in [0.3, 0.4) is 0 Å². The SMILES string of the molecule is c1cn(-c2csc(CNCC3CC3)c2)cn1. The van der Waals surface area contributed by atoms with Crippen molar-refractivity contribution in [2.75, 3.05) is 6.54 Å². The molecule has 1 N–H and O–H groups in total. The molecule has 84 valence electrons. The Morgan fingerprint density at radius 2 is 2.44 bits per heavy atom. The molecule has 0 unspecified atom stereocenters. The van der Waals surface area contributed by atoms with Gasteiger partial charge < -0.3 is 9.88 Å². The standard InChI is InChI=1S/C12H15N3S/c1-2-10(1)6-14-7-12-5-11(8-16-12)15-4-3-13-9-15/h3-5,8-10,14H,1-2,6-7H2. The number of imidazole rings is 1. The van der Waals surface area contributed by atoms with Gasteiger partial charge in [-0.25, -0.2) is 4.98 Å². The van der Waals surface area contributed by atoms with Crippen LogP contribution in [-0.2, 0) is 6.54 Å². The monoisotopic (exact) mass is 233 g/mol. The molecule has 0 aromatic carbocycles. The van der Waals surface area contributed by atoms with Gasteiger partial charge in [-0.2, -0.15) is 0 Å². The highest BCUT2D eigenvalue weighted by Crippen LogP contribution is 2.27. The zero-order valence-electron chi connectivity index (χ0n) is 9.10. The van der Waals surface area contributed by atoms with Crippen molar-refractivity contribution in [1.82, 2.24) is 14.9 Å². The summed E-state index contributed by atoms with van der Waals surface area (Å²) in [6.45, 7) is 2.17. The fraction of sp³-hybridized carbons (Fsp3) is 0.417. The van der Waals surface area contributed by atoms with Crippen molar-refractivity contribution in [1.29, 1.82) is 0 Å². The lowest BCUT2D eigenvalue weighted by atomic mass is 10.4. The van der Waals surface area contributed by atoms with Crippen LogP contribution in [-0.4, -0.2) is 16.1 Å². The Morgan fingerprint density at radius 3 is 3.19 bits per heavy atom. The lowest BCUT2D eigenvalue weighted by Gasteiger charge is -2.00. The fourth-order valence-electron chi connectivity index (χ4n) is 1.73. The topological polar surface area (TPSA) is 29.9 Å². The van der Waals surface area contributed by atoms with E-state index in [1.165, 1.54) is 30.0 Å². The molecule has 3 rings (SSSR count). The van der Waals surface area contributed by atoms with Crippen molar-refractivity contribution < 1.29 is 0 Å². The molecule has 0 radical (unpaired) electrons. The van der Waals surface area contributed by atoms with E-state index in [-0.39, 0.29) is 0 Å². The van der Waals surface area contributed by atoms with Crippen LogP contribution in [0.15, 0.2) is 30.2 Å². The summed E-state index contributed by atoms with van der Waals surface area (Å²) in [5.41, 5.74) is 1.21. The number of thiophene rings is 1. The van der Waals surface area contributed by atoms with Crippen molar-refractivity contribution in [2.24, 2.45) is 5.92 Å². The predicted molar refractivity (Wildman–Crippen MR) is 65.9 cm³/mol. The Hall–Kier alpha value is -1.13. The average molecular weight is 233 g/mol. The summed E-state index contributed by atoms with van der Waals surface area (Å²) in [6, 6.07) is 2.23. The number of rotatable bonds is 5. The molecule has 2 aromatic rings. The first kappa shape index (κ1) is 10.1. The molecule has 2 aromatic heterocycles. The van der Waals surface area contributed by atoms with E-state index in [1.807, 2.05) is 34.6 Å². The smallest absolute Gasteiger partial charge is 0.0991 e. The molecule has 0 saturated heterocycles. The molecule has 0 spiro atoms. The Balaban J connectivity index is 1.59. The van der Waals surface area contributed by atoms with E-state index in [1.54, 1.807) is 0 Å². The van der Waals surface area contributed by atoms with Crippen LogP contribution >= 0.6 is 11.3 Å². The van der Waals surface area contributed by atoms with Crippen LogP contribution in [0.1, 0.15) is 17.7 Å². The van der Waals surface area contributed by atoms with Gasteiger partial charge in [-0.3, -0.25) is 0 Å². The van der Waals surface area contributed by atoms with Crippen LogP contribution in [0.25, 0.3) is 5.69 Å². The summed E-state index contributed by atoms with van der Waals surface area (Å²) in [5, 5.41) is 5.68. The highest BCUT2D eigenvalue weighted by atomic mass is 32.1. The minimum Gasteiger partial charge on any atom is -0.312 e. The highest BCUT2D eigenvalue weighted by Gasteiger charge is 2.20. The van der Waals surface area contributed by atoms with Crippen LogP contribution in [0.2, 0.25) is 0 Å². The second-order valence-corrected chi connectivity index (χ2v) is 5.31. The minimum absolute atomic E-state index is 0.952. The van der Waals surface area contributed by atoms with Gasteiger partial charge in [-0.1, -0.05) is 0 Å². The predicted octanol–water partition coefficient (Wildman–Crippen LogP) is 2.43. The van der Waals surface area contributed by atoms with E-state index >= 15 is 0 Å². The quantitative estimate of drug-likeness (QED) is 0.859. The molecule has 1 aliphatic rings. The number of hydrogen-bond donors (Lipinski definition) is 1. The Labute approximate surface area is 99.1 Å². The molecule has 1 fully saturated rings. The van der Waals surface area contributed by atoms with E-state index in [4.69, 9.17) is 0 Å². The minimum atomic E-state index is 0.952. The highest BCUT2D eigenvalue weighted by molar-refractivity contribution is 7.10. The summed E-state index contributed by atoms with van der Waals surface area (Å²) < 4.78 is 2.04. The number of hydrogen-bond acceptors (Lipinski definition) is 3. The summed E-state index contributed by atoms with van der Waals surface area (Å²) in [6.07, 6.45) is 8.45. The molecule has 4 heteroatoms. The summed E-state index contributed by atoms with van der Waals surface area (Å²) in [5.74, 6) is 0.952. The van der Waals surface area contributed by atoms with Crippen LogP contribution in [0.5, 0.6) is 0 Å². The second kappa shape index (κ2) is 4.39. The molecule has 0 bridgehead atoms. The molecule has 3 nitrogen and oxygen atoms in total. The number of nitrogens with zero attached hydrogens (tertiary/aromatic N) is 2. The average Bonchev–Trinajstić information content (AvgIpc) is 2.83. The second-order valence-electron chi connectivity index (χ2n) is 4.32. The van der Waals surface area contributed by atoms with Crippen LogP contribution < -0.4 is 5.32 Å². The first-order chi connectivity index (χ1) is 7.92. The molecule has 0 atom stereocenters. The van der Waals surface area contributed by atoms with Gasteiger partial charge in [0.15, 0.2) is 0 Å². The first-order valence-corrected chi connectivity index (χ1v) is 6.56. The zero-order chi connectivity index (χ0) is 10.8. The maximum atomic E-state index is 4.05. The number of aromatic nitrogens is 2. The normalized spacial score (nSPS) is 15.5. The first-order valence-electron chi connectivity index (χ1n) is 5.68. The van der Waals surface area contributed by atoms with E-state index in [0.717, 1.165) is 12.5 Å². The summed E-state index contributed by atoms with van der Waals surface area (Å²) in [7, 11) is 0. The molecule has 1 saturated carbocycles. The fourth-order valence-corrected chi connectivity index (χ4v) is 2.57. The molecular weight excluding hydrogens is 218 g/mol. The van der Waals surface area contributed by atoms with Gasteiger partial charge >= 0.3 is 0 Å². The third-order valence-electron chi connectivity index (χ3n) is 2.87. The zero-order valence-corrected chi connectivity index (χ0v) is 9.91. The van der Waals surface area contributed by atoms with Crippen molar-refractivity contribution in [3.63, 3.8) is 0 Å². The third-order valence-corrected chi connectivity index (χ3v) is 3.80. The Morgan fingerprint density at radius 1 is 1.50 bits per heavy atom. The maximum absolute atomic E-state index is 4.05. The van der Waals surface area contributed by atoms with Gasteiger partial charge in [0.2, 0.25) is 0 Å². The summed E-state index contributed by atoms with van der Waals surface area (Å²) in [4.78, 5) is 5.45. The van der Waals surface area contributed by atoms with Gasteiger partial charge in [0.05, 0.1) is 12.0 Å². The Kier molecular flexibility index (Phi) is 2.76. The van der Waals surface area contributed by atoms with E-state index in [2.05, 4.69) is 21.7 Å². The van der Waals surface area contributed by atoms with E-state index in [9.17, 15) is 0 Å². The molecule has 1 aliphatic carbocycles. The van der Waals surface area contributed by atoms with Crippen molar-refractivity contribution >= 4 is 11.3 Å². The van der Waals surface area contributed by atoms with Gasteiger partial charge in [0, 0.05) is 29.2 Å². The lowest BCUT2D eigenvalue weighted by Crippen LogP contribution is -2.15. The molecule has 0 aliphatic heterocycles. The Bertz CT molecular complexity index is 443. The van der Waals surface area contributed by atoms with Gasteiger partial charge in [0.25, 0.3) is 0 Å². The van der Waals surface area contributed by atoms with Gasteiger partial charge in [-0.05, 0) is 31.4 Å². The van der Waals surface area contributed by atoms with Crippen molar-refractivity contribution in [3.05, 3.63) is 35.0 Å². The molecule has 0 amide bonds. The van der Waals surface area contributed by atoms with E-state index < -0.39 is 0 Å². The molecular formula is C12H15N3S. The van der Waals surface area contributed by atoms with Crippen molar-refractivity contribution in [3.8, 4) is 5.69 Å². The van der Waals surface area contributed by atoms with Gasteiger partial charge in [-0.15, -0.1) is 11.3 Å². The largest absolute Gasteiger partial charge is 0.312 e. The molecule has 16 heavy (non-hydrogen) atoms. The van der Waals surface area contributed by atoms with E-state index in [0.29, 0.717) is 0 Å². The van der Waals surface area contributed by atoms with Crippen molar-refractivity contribution in [2.45, 2.75) is 19.4 Å². The molecule has 2 heterocycles. The summed E-state index contributed by atoms with van der Waals surface area (Å²) >= 11 is 1.81. The maximum Gasteiger partial charge on any atom is 0.0991 e. The lowest BCUT2D eigenvalue weighted by molar-refractivity contribution is 0.643. The van der Waals surface area contributed by atoms with Gasteiger partial charge in [0.1, 0.15) is 0 Å². The number of nitrogens with one attached hydrogen (secondary N) is 1.